The molecule has 0 aliphatic heterocycles. The number of hydrogen-bond donors (Lipinski definition) is 1. The number of amides is 1. The quantitative estimate of drug-likeness (QED) is 0.534. The molecular formula is C20H16ClN5OS. The molecule has 140 valence electrons. The van der Waals surface area contributed by atoms with Crippen LogP contribution in [-0.2, 0) is 6.54 Å². The number of benzene rings is 1. The number of pyridine rings is 1. The highest BCUT2D eigenvalue weighted by atomic mass is 35.5. The van der Waals surface area contributed by atoms with E-state index in [4.69, 9.17) is 11.6 Å². The molecule has 0 fully saturated rings. The van der Waals surface area contributed by atoms with Crippen LogP contribution in [0.4, 0.5) is 0 Å². The second-order valence-corrected chi connectivity index (χ2v) is 7.46. The maximum Gasteiger partial charge on any atom is 0.255 e. The van der Waals surface area contributed by atoms with Gasteiger partial charge in [0.05, 0.1) is 35.4 Å². The second kappa shape index (κ2) is 7.92. The summed E-state index contributed by atoms with van der Waals surface area (Å²) in [5.41, 5.74) is 3.96. The first-order chi connectivity index (χ1) is 13.6. The summed E-state index contributed by atoms with van der Waals surface area (Å²) in [6.45, 7) is 2.21. The maximum absolute atomic E-state index is 12.6. The van der Waals surface area contributed by atoms with E-state index in [1.54, 1.807) is 35.4 Å². The lowest BCUT2D eigenvalue weighted by Crippen LogP contribution is -2.23. The predicted molar refractivity (Wildman–Crippen MR) is 110 cm³/mol. The van der Waals surface area contributed by atoms with Gasteiger partial charge in [0, 0.05) is 28.4 Å². The number of carbonyl (C=O) groups excluding carboxylic acids is 1. The van der Waals surface area contributed by atoms with E-state index in [1.165, 1.54) is 11.3 Å². The molecule has 3 heterocycles. The average molecular weight is 410 g/mol. The number of carbonyl (C=O) groups is 1. The van der Waals surface area contributed by atoms with E-state index in [2.05, 4.69) is 20.4 Å². The number of nitrogens with one attached hydrogen (secondary N) is 1. The molecule has 0 aliphatic rings. The van der Waals surface area contributed by atoms with Crippen molar-refractivity contribution in [2.75, 3.05) is 0 Å². The first-order valence-electron chi connectivity index (χ1n) is 8.55. The molecule has 4 rings (SSSR count). The largest absolute Gasteiger partial charge is 0.345 e. The minimum Gasteiger partial charge on any atom is -0.345 e. The lowest BCUT2D eigenvalue weighted by atomic mass is 10.2. The zero-order valence-corrected chi connectivity index (χ0v) is 16.5. The van der Waals surface area contributed by atoms with Crippen LogP contribution in [0.1, 0.15) is 21.1 Å². The molecule has 0 saturated heterocycles. The minimum atomic E-state index is -0.188. The van der Waals surface area contributed by atoms with Gasteiger partial charge in [0.1, 0.15) is 5.01 Å². The van der Waals surface area contributed by atoms with Crippen LogP contribution in [0.2, 0.25) is 5.02 Å². The summed E-state index contributed by atoms with van der Waals surface area (Å²) < 4.78 is 1.70. The molecule has 28 heavy (non-hydrogen) atoms. The van der Waals surface area contributed by atoms with E-state index >= 15 is 0 Å². The third kappa shape index (κ3) is 3.81. The summed E-state index contributed by atoms with van der Waals surface area (Å²) in [7, 11) is 0. The van der Waals surface area contributed by atoms with Gasteiger partial charge >= 0.3 is 0 Å². The van der Waals surface area contributed by atoms with Gasteiger partial charge in [-0.3, -0.25) is 9.78 Å². The molecule has 0 bridgehead atoms. The molecule has 0 saturated carbocycles. The van der Waals surface area contributed by atoms with Gasteiger partial charge in [-0.15, -0.1) is 11.3 Å². The van der Waals surface area contributed by atoms with Crippen LogP contribution in [0, 0.1) is 6.92 Å². The summed E-state index contributed by atoms with van der Waals surface area (Å²) in [6, 6.07) is 11.2. The van der Waals surface area contributed by atoms with Gasteiger partial charge in [0.15, 0.2) is 0 Å². The monoisotopic (exact) mass is 409 g/mol. The highest BCUT2D eigenvalue weighted by molar-refractivity contribution is 7.09. The van der Waals surface area contributed by atoms with E-state index in [9.17, 15) is 4.79 Å². The van der Waals surface area contributed by atoms with Crippen LogP contribution < -0.4 is 5.32 Å². The van der Waals surface area contributed by atoms with Crippen LogP contribution in [0.5, 0.6) is 0 Å². The topological polar surface area (TPSA) is 72.7 Å². The summed E-state index contributed by atoms with van der Waals surface area (Å²) in [4.78, 5) is 21.2. The normalized spacial score (nSPS) is 10.8. The Labute approximate surface area is 170 Å². The summed E-state index contributed by atoms with van der Waals surface area (Å²) in [5, 5.41) is 10.7. The number of thiazole rings is 1. The van der Waals surface area contributed by atoms with Crippen molar-refractivity contribution in [3.05, 3.63) is 81.7 Å². The molecule has 4 aromatic rings. The lowest BCUT2D eigenvalue weighted by molar-refractivity contribution is 0.0950. The van der Waals surface area contributed by atoms with Crippen LogP contribution in [-0.4, -0.2) is 25.7 Å². The van der Waals surface area contributed by atoms with Gasteiger partial charge in [-0.25, -0.2) is 9.67 Å². The van der Waals surface area contributed by atoms with Crippen molar-refractivity contribution in [3.63, 3.8) is 0 Å². The van der Waals surface area contributed by atoms with Crippen molar-refractivity contribution in [2.45, 2.75) is 13.5 Å². The van der Waals surface area contributed by atoms with Crippen molar-refractivity contribution < 1.29 is 4.79 Å². The molecule has 0 aliphatic carbocycles. The second-order valence-electron chi connectivity index (χ2n) is 6.08. The zero-order valence-electron chi connectivity index (χ0n) is 15.0. The third-order valence-electron chi connectivity index (χ3n) is 4.24. The summed E-state index contributed by atoms with van der Waals surface area (Å²) in [6.07, 6.45) is 5.03. The molecule has 1 aromatic carbocycles. The van der Waals surface area contributed by atoms with Gasteiger partial charge in [-0.05, 0) is 37.3 Å². The molecule has 0 radical (unpaired) electrons. The van der Waals surface area contributed by atoms with Crippen molar-refractivity contribution in [2.24, 2.45) is 0 Å². The van der Waals surface area contributed by atoms with Crippen LogP contribution in [0.25, 0.3) is 16.9 Å². The predicted octanol–water partition coefficient (Wildman–Crippen LogP) is 4.28. The van der Waals surface area contributed by atoms with Gasteiger partial charge in [-0.1, -0.05) is 17.7 Å². The Kier molecular flexibility index (Phi) is 5.18. The number of rotatable bonds is 5. The molecule has 8 heteroatoms. The fraction of sp³-hybridized carbons (Fsp3) is 0.100. The van der Waals surface area contributed by atoms with Crippen LogP contribution >= 0.6 is 22.9 Å². The fourth-order valence-electron chi connectivity index (χ4n) is 2.80. The van der Waals surface area contributed by atoms with Crippen LogP contribution in [0.3, 0.4) is 0 Å². The fourth-order valence-corrected chi connectivity index (χ4v) is 3.73. The molecule has 0 unspecified atom stereocenters. The van der Waals surface area contributed by atoms with Crippen molar-refractivity contribution in [1.29, 1.82) is 0 Å². The third-order valence-corrected chi connectivity index (χ3v) is 5.32. The van der Waals surface area contributed by atoms with Crippen LogP contribution in [0.15, 0.2) is 60.4 Å². The zero-order chi connectivity index (χ0) is 19.5. The molecule has 6 nitrogen and oxygen atoms in total. The molecule has 0 spiro atoms. The van der Waals surface area contributed by atoms with E-state index in [0.717, 1.165) is 27.6 Å². The first kappa shape index (κ1) is 18.3. The summed E-state index contributed by atoms with van der Waals surface area (Å²) in [5.74, 6) is -0.188. The van der Waals surface area contributed by atoms with Crippen molar-refractivity contribution >= 4 is 28.8 Å². The lowest BCUT2D eigenvalue weighted by Gasteiger charge is -2.06. The van der Waals surface area contributed by atoms with Gasteiger partial charge in [0.25, 0.3) is 5.91 Å². The molecule has 3 aromatic heterocycles. The van der Waals surface area contributed by atoms with E-state index < -0.39 is 0 Å². The molecule has 1 amide bonds. The SMILES string of the molecule is Cc1c(C(=O)NCc2nc(-c3ccncc3)cs2)cnn1-c1cccc(Cl)c1. The standard InChI is InChI=1S/C20H16ClN5OS/c1-13-17(10-24-26(13)16-4-2-3-15(21)9-16)20(27)23-11-19-25-18(12-28-19)14-5-7-22-8-6-14/h2-10,12H,11H2,1H3,(H,23,27). The Morgan fingerprint density at radius 3 is 2.86 bits per heavy atom. The number of halogens is 1. The molecular weight excluding hydrogens is 394 g/mol. The van der Waals surface area contributed by atoms with Gasteiger partial charge in [-0.2, -0.15) is 5.10 Å². The number of aromatic nitrogens is 4. The number of nitrogens with zero attached hydrogens (tertiary/aromatic N) is 4. The van der Waals surface area contributed by atoms with E-state index in [0.29, 0.717) is 17.1 Å². The Bertz CT molecular complexity index is 1120. The van der Waals surface area contributed by atoms with Crippen molar-refractivity contribution in [3.8, 4) is 16.9 Å². The van der Waals surface area contributed by atoms with Gasteiger partial charge < -0.3 is 5.32 Å². The Hall–Kier alpha value is -3.03. The average Bonchev–Trinajstić information content (AvgIpc) is 3.34. The number of hydrogen-bond acceptors (Lipinski definition) is 5. The highest BCUT2D eigenvalue weighted by Gasteiger charge is 2.16. The maximum atomic E-state index is 12.6. The van der Waals surface area contributed by atoms with E-state index in [1.807, 2.05) is 36.6 Å². The first-order valence-corrected chi connectivity index (χ1v) is 9.81. The highest BCUT2D eigenvalue weighted by Crippen LogP contribution is 2.21. The smallest absolute Gasteiger partial charge is 0.255 e. The molecule has 0 atom stereocenters. The Balaban J connectivity index is 1.46. The Morgan fingerprint density at radius 2 is 2.07 bits per heavy atom. The Morgan fingerprint density at radius 1 is 1.25 bits per heavy atom. The molecule has 1 N–H and O–H groups in total. The summed E-state index contributed by atoms with van der Waals surface area (Å²) >= 11 is 7.56. The van der Waals surface area contributed by atoms with Crippen molar-refractivity contribution in [1.82, 2.24) is 25.1 Å². The van der Waals surface area contributed by atoms with Gasteiger partial charge in [0.2, 0.25) is 0 Å². The minimum absolute atomic E-state index is 0.188. The van der Waals surface area contributed by atoms with E-state index in [-0.39, 0.29) is 5.91 Å².